The van der Waals surface area contributed by atoms with Crippen LogP contribution in [-0.2, 0) is 12.0 Å². The van der Waals surface area contributed by atoms with Crippen LogP contribution < -0.4 is 10.6 Å². The van der Waals surface area contributed by atoms with Crippen molar-refractivity contribution in [2.24, 2.45) is 0 Å². The van der Waals surface area contributed by atoms with Crippen LogP contribution in [0.25, 0.3) is 0 Å². The van der Waals surface area contributed by atoms with Crippen LogP contribution in [0.15, 0.2) is 60.9 Å². The Bertz CT molecular complexity index is 948. The Balaban J connectivity index is 1.65. The Hall–Kier alpha value is -2.92. The number of rotatable bonds is 5. The molecule has 0 bridgehead atoms. The maximum Gasteiger partial charge on any atom is 0.258 e. The lowest BCUT2D eigenvalue weighted by atomic mass is 9.86. The first-order valence-electron chi connectivity index (χ1n) is 9.04. The van der Waals surface area contributed by atoms with Gasteiger partial charge in [-0.1, -0.05) is 62.7 Å². The summed E-state index contributed by atoms with van der Waals surface area (Å²) in [5, 5.41) is 6.79. The molecule has 0 aliphatic rings. The highest BCUT2D eigenvalue weighted by atomic mass is 35.5. The number of nitrogens with one attached hydrogen (secondary N) is 2. The van der Waals surface area contributed by atoms with Crippen LogP contribution in [0.1, 0.15) is 42.3 Å². The molecule has 144 valence electrons. The highest BCUT2D eigenvalue weighted by Gasteiger charge is 2.19. The van der Waals surface area contributed by atoms with Crippen LogP contribution >= 0.6 is 11.6 Å². The maximum atomic E-state index is 12.6. The van der Waals surface area contributed by atoms with Gasteiger partial charge in [0.15, 0.2) is 0 Å². The molecule has 0 unspecified atom stereocenters. The van der Waals surface area contributed by atoms with E-state index in [9.17, 15) is 4.79 Å². The van der Waals surface area contributed by atoms with Crippen molar-refractivity contribution in [1.29, 1.82) is 0 Å². The van der Waals surface area contributed by atoms with E-state index in [-0.39, 0.29) is 11.3 Å². The zero-order valence-corrected chi connectivity index (χ0v) is 16.9. The number of halogens is 1. The maximum absolute atomic E-state index is 12.6. The van der Waals surface area contributed by atoms with Gasteiger partial charge in [0.2, 0.25) is 5.95 Å². The van der Waals surface area contributed by atoms with Crippen LogP contribution in [0.2, 0.25) is 5.02 Å². The van der Waals surface area contributed by atoms with Crippen molar-refractivity contribution in [3.8, 4) is 0 Å². The van der Waals surface area contributed by atoms with Gasteiger partial charge < -0.3 is 10.6 Å². The fourth-order valence-corrected chi connectivity index (χ4v) is 2.89. The molecule has 0 saturated carbocycles. The molecule has 0 spiro atoms. The fourth-order valence-electron chi connectivity index (χ4n) is 2.76. The van der Waals surface area contributed by atoms with Gasteiger partial charge >= 0.3 is 0 Å². The first-order valence-corrected chi connectivity index (χ1v) is 9.42. The lowest BCUT2D eigenvalue weighted by Crippen LogP contribution is -2.19. The third kappa shape index (κ3) is 5.08. The van der Waals surface area contributed by atoms with E-state index in [1.807, 2.05) is 48.5 Å². The minimum atomic E-state index is -0.235. The number of amides is 1. The number of benzene rings is 2. The monoisotopic (exact) mass is 394 g/mol. The number of hydrogen-bond donors (Lipinski definition) is 2. The van der Waals surface area contributed by atoms with Crippen molar-refractivity contribution in [3.63, 3.8) is 0 Å². The number of aromatic nitrogens is 2. The summed E-state index contributed by atoms with van der Waals surface area (Å²) in [7, 11) is 0. The molecule has 0 saturated heterocycles. The fraction of sp³-hybridized carbons (Fsp3) is 0.227. The van der Waals surface area contributed by atoms with E-state index in [0.29, 0.717) is 23.1 Å². The summed E-state index contributed by atoms with van der Waals surface area (Å²) >= 11 is 5.89. The molecule has 0 atom stereocenters. The van der Waals surface area contributed by atoms with E-state index in [0.717, 1.165) is 16.8 Å². The second-order valence-electron chi connectivity index (χ2n) is 7.53. The second-order valence-corrected chi connectivity index (χ2v) is 7.96. The van der Waals surface area contributed by atoms with Gasteiger partial charge in [-0.25, -0.2) is 9.97 Å². The van der Waals surface area contributed by atoms with Gasteiger partial charge in [0, 0.05) is 29.6 Å². The molecule has 5 nitrogen and oxygen atoms in total. The van der Waals surface area contributed by atoms with E-state index in [1.54, 1.807) is 0 Å². The summed E-state index contributed by atoms with van der Waals surface area (Å²) < 4.78 is 0. The highest BCUT2D eigenvalue weighted by molar-refractivity contribution is 6.30. The number of anilines is 2. The molecular formula is C22H23ClN4O. The summed E-state index contributed by atoms with van der Waals surface area (Å²) in [4.78, 5) is 21.1. The Morgan fingerprint density at radius 3 is 2.29 bits per heavy atom. The molecule has 3 aromatic rings. The minimum absolute atomic E-state index is 0.0736. The standard InChI is InChI=1S/C22H23ClN4O/c1-22(2,3)18-6-4-5-7-19(18)27-20(28)16-13-25-21(26-14-16)24-12-15-8-10-17(23)11-9-15/h4-11,13-14H,12H2,1-3H3,(H,27,28)(H,24,25,26). The van der Waals surface area contributed by atoms with Gasteiger partial charge in [-0.2, -0.15) is 0 Å². The van der Waals surface area contributed by atoms with Crippen molar-refractivity contribution in [2.45, 2.75) is 32.7 Å². The average Bonchev–Trinajstić information content (AvgIpc) is 2.67. The molecule has 1 aromatic heterocycles. The predicted molar refractivity (Wildman–Crippen MR) is 114 cm³/mol. The normalized spacial score (nSPS) is 11.1. The average molecular weight is 395 g/mol. The van der Waals surface area contributed by atoms with Crippen LogP contribution in [0.5, 0.6) is 0 Å². The van der Waals surface area contributed by atoms with E-state index in [1.165, 1.54) is 12.4 Å². The molecule has 0 aliphatic carbocycles. The third-order valence-electron chi connectivity index (χ3n) is 4.26. The Labute approximate surface area is 170 Å². The van der Waals surface area contributed by atoms with Crippen LogP contribution in [0.3, 0.4) is 0 Å². The molecule has 1 heterocycles. The Morgan fingerprint density at radius 2 is 1.64 bits per heavy atom. The summed E-state index contributed by atoms with van der Waals surface area (Å²) in [5.41, 5.74) is 3.26. The largest absolute Gasteiger partial charge is 0.350 e. The molecule has 0 fully saturated rings. The van der Waals surface area contributed by atoms with Crippen molar-refractivity contribution < 1.29 is 4.79 Å². The molecule has 28 heavy (non-hydrogen) atoms. The number of para-hydroxylation sites is 1. The van der Waals surface area contributed by atoms with Gasteiger partial charge in [-0.05, 0) is 34.7 Å². The van der Waals surface area contributed by atoms with Crippen molar-refractivity contribution >= 4 is 29.1 Å². The number of nitrogens with zero attached hydrogens (tertiary/aromatic N) is 2. The lowest BCUT2D eigenvalue weighted by Gasteiger charge is -2.22. The summed E-state index contributed by atoms with van der Waals surface area (Å²) in [6.45, 7) is 6.91. The second kappa shape index (κ2) is 8.40. The molecule has 2 aromatic carbocycles. The van der Waals surface area contributed by atoms with E-state index >= 15 is 0 Å². The number of carbonyl (C=O) groups excluding carboxylic acids is 1. The first-order chi connectivity index (χ1) is 13.3. The first kappa shape index (κ1) is 19.8. The van der Waals surface area contributed by atoms with E-state index < -0.39 is 0 Å². The number of carbonyl (C=O) groups is 1. The highest BCUT2D eigenvalue weighted by Crippen LogP contribution is 2.29. The molecule has 0 radical (unpaired) electrons. The summed E-state index contributed by atoms with van der Waals surface area (Å²) in [6.07, 6.45) is 3.04. The third-order valence-corrected chi connectivity index (χ3v) is 4.51. The molecule has 1 amide bonds. The van der Waals surface area contributed by atoms with Crippen molar-refractivity contribution in [1.82, 2.24) is 9.97 Å². The van der Waals surface area contributed by atoms with Crippen molar-refractivity contribution in [2.75, 3.05) is 10.6 Å². The predicted octanol–water partition coefficient (Wildman–Crippen LogP) is 5.29. The lowest BCUT2D eigenvalue weighted by molar-refractivity contribution is 0.102. The zero-order chi connectivity index (χ0) is 20.1. The topological polar surface area (TPSA) is 66.9 Å². The molecule has 2 N–H and O–H groups in total. The van der Waals surface area contributed by atoms with Crippen molar-refractivity contribution in [3.05, 3.63) is 82.6 Å². The van der Waals surface area contributed by atoms with Crippen LogP contribution in [-0.4, -0.2) is 15.9 Å². The van der Waals surface area contributed by atoms with Gasteiger partial charge in [0.1, 0.15) is 0 Å². The quantitative estimate of drug-likeness (QED) is 0.616. The smallest absolute Gasteiger partial charge is 0.258 e. The molecule has 6 heteroatoms. The zero-order valence-electron chi connectivity index (χ0n) is 16.2. The van der Waals surface area contributed by atoms with E-state index in [4.69, 9.17) is 11.6 Å². The molecule has 0 aliphatic heterocycles. The van der Waals surface area contributed by atoms with E-state index in [2.05, 4.69) is 41.4 Å². The summed E-state index contributed by atoms with van der Waals surface area (Å²) in [6, 6.07) is 15.3. The minimum Gasteiger partial charge on any atom is -0.350 e. The number of hydrogen-bond acceptors (Lipinski definition) is 4. The van der Waals surface area contributed by atoms with Gasteiger partial charge in [0.05, 0.1) is 5.56 Å². The molecule has 3 rings (SSSR count). The van der Waals surface area contributed by atoms with Crippen LogP contribution in [0.4, 0.5) is 11.6 Å². The SMILES string of the molecule is CC(C)(C)c1ccccc1NC(=O)c1cnc(NCc2ccc(Cl)cc2)nc1. The Morgan fingerprint density at radius 1 is 1.00 bits per heavy atom. The van der Waals surface area contributed by atoms with Crippen LogP contribution in [0, 0.1) is 0 Å². The Kier molecular flexibility index (Phi) is 5.95. The summed E-state index contributed by atoms with van der Waals surface area (Å²) in [5.74, 6) is 0.225. The van der Waals surface area contributed by atoms with Gasteiger partial charge in [-0.15, -0.1) is 0 Å². The molecular weight excluding hydrogens is 372 g/mol. The van der Waals surface area contributed by atoms with Gasteiger partial charge in [-0.3, -0.25) is 4.79 Å². The van der Waals surface area contributed by atoms with Gasteiger partial charge in [0.25, 0.3) is 5.91 Å².